The van der Waals surface area contributed by atoms with Crippen LogP contribution in [-0.4, -0.2) is 51.7 Å². The molecule has 0 saturated heterocycles. The van der Waals surface area contributed by atoms with Crippen LogP contribution in [0.2, 0.25) is 0 Å². The van der Waals surface area contributed by atoms with Crippen molar-refractivity contribution in [3.05, 3.63) is 89.5 Å². The van der Waals surface area contributed by atoms with E-state index in [1.165, 1.54) is 10.5 Å². The zero-order valence-electron chi connectivity index (χ0n) is 20.7. The minimum atomic E-state index is -3.89. The van der Waals surface area contributed by atoms with Crippen molar-refractivity contribution < 1.29 is 22.7 Å². The van der Waals surface area contributed by atoms with Crippen LogP contribution in [0.4, 0.5) is 0 Å². The quantitative estimate of drug-likeness (QED) is 0.296. The molecule has 36 heavy (non-hydrogen) atoms. The van der Waals surface area contributed by atoms with Gasteiger partial charge < -0.3 is 9.47 Å². The highest BCUT2D eigenvalue weighted by atomic mass is 32.2. The van der Waals surface area contributed by atoms with Gasteiger partial charge in [0.2, 0.25) is 10.0 Å². The van der Waals surface area contributed by atoms with Crippen LogP contribution < -0.4 is 14.9 Å². The first-order valence-electron chi connectivity index (χ1n) is 11.6. The predicted octanol–water partition coefficient (Wildman–Crippen LogP) is 3.79. The summed E-state index contributed by atoms with van der Waals surface area (Å²) in [4.78, 5) is 12.8. The maximum Gasteiger partial charge on any atom is 0.255 e. The van der Waals surface area contributed by atoms with Gasteiger partial charge in [0.05, 0.1) is 31.4 Å². The Bertz CT molecular complexity index is 1280. The first-order valence-corrected chi connectivity index (χ1v) is 13.0. The van der Waals surface area contributed by atoms with Crippen molar-refractivity contribution in [1.29, 1.82) is 0 Å². The molecule has 0 aliphatic carbocycles. The molecule has 0 unspecified atom stereocenters. The van der Waals surface area contributed by atoms with Crippen LogP contribution in [0.3, 0.4) is 0 Å². The molecule has 8 nitrogen and oxygen atoms in total. The molecule has 3 aromatic rings. The van der Waals surface area contributed by atoms with Crippen molar-refractivity contribution in [2.24, 2.45) is 5.10 Å². The molecule has 0 aromatic heterocycles. The van der Waals surface area contributed by atoms with E-state index in [-0.39, 0.29) is 18.0 Å². The van der Waals surface area contributed by atoms with Crippen LogP contribution in [0.25, 0.3) is 0 Å². The van der Waals surface area contributed by atoms with Crippen LogP contribution >= 0.6 is 0 Å². The summed E-state index contributed by atoms with van der Waals surface area (Å²) < 4.78 is 38.7. The van der Waals surface area contributed by atoms with Gasteiger partial charge in [-0.05, 0) is 61.7 Å². The van der Waals surface area contributed by atoms with Crippen molar-refractivity contribution in [2.75, 3.05) is 26.8 Å². The first kappa shape index (κ1) is 26.9. The summed E-state index contributed by atoms with van der Waals surface area (Å²) in [5.74, 6) is 0.605. The van der Waals surface area contributed by atoms with Gasteiger partial charge in [0, 0.05) is 6.54 Å². The SMILES string of the molecule is CCOc1ccc(/C=N\NC(=O)CN(CCc2ccccc2)S(=O)(=O)c2ccc(C)cc2)cc1OC. The van der Waals surface area contributed by atoms with Crippen molar-refractivity contribution in [1.82, 2.24) is 9.73 Å². The van der Waals surface area contributed by atoms with Crippen LogP contribution in [-0.2, 0) is 21.2 Å². The summed E-state index contributed by atoms with van der Waals surface area (Å²) >= 11 is 0. The average molecular weight is 510 g/mol. The van der Waals surface area contributed by atoms with Gasteiger partial charge in [0.15, 0.2) is 11.5 Å². The smallest absolute Gasteiger partial charge is 0.255 e. The monoisotopic (exact) mass is 509 g/mol. The molecule has 0 fully saturated rings. The lowest BCUT2D eigenvalue weighted by Gasteiger charge is -2.21. The fourth-order valence-corrected chi connectivity index (χ4v) is 4.85. The van der Waals surface area contributed by atoms with Gasteiger partial charge >= 0.3 is 0 Å². The number of carbonyl (C=O) groups excluding carboxylic acids is 1. The standard InChI is InChI=1S/C27H31N3O5S/c1-4-35-25-15-12-23(18-26(25)34-3)19-28-29-27(31)20-30(17-16-22-8-6-5-7-9-22)36(32,33)24-13-10-21(2)11-14-24/h5-15,18-19H,4,16-17,20H2,1-3H3,(H,29,31)/b28-19-. The number of methoxy groups -OCH3 is 1. The minimum Gasteiger partial charge on any atom is -0.493 e. The van der Waals surface area contributed by atoms with Gasteiger partial charge in [-0.1, -0.05) is 48.0 Å². The number of nitrogens with one attached hydrogen (secondary N) is 1. The number of rotatable bonds is 12. The zero-order valence-corrected chi connectivity index (χ0v) is 21.5. The minimum absolute atomic E-state index is 0.138. The van der Waals surface area contributed by atoms with Gasteiger partial charge in [-0.15, -0.1) is 0 Å². The second-order valence-electron chi connectivity index (χ2n) is 8.02. The average Bonchev–Trinajstić information content (AvgIpc) is 2.88. The van der Waals surface area contributed by atoms with E-state index >= 15 is 0 Å². The number of benzene rings is 3. The summed E-state index contributed by atoms with van der Waals surface area (Å²) in [6.07, 6.45) is 1.92. The summed E-state index contributed by atoms with van der Waals surface area (Å²) in [6, 6.07) is 21.4. The van der Waals surface area contributed by atoms with E-state index < -0.39 is 15.9 Å². The normalized spacial score (nSPS) is 11.6. The largest absolute Gasteiger partial charge is 0.493 e. The number of carbonyl (C=O) groups is 1. The number of hydrogen-bond acceptors (Lipinski definition) is 6. The van der Waals surface area contributed by atoms with Crippen LogP contribution in [0.1, 0.15) is 23.6 Å². The van der Waals surface area contributed by atoms with Gasteiger partial charge in [0.25, 0.3) is 5.91 Å². The molecule has 1 amide bonds. The lowest BCUT2D eigenvalue weighted by molar-refractivity contribution is -0.121. The maximum absolute atomic E-state index is 13.3. The number of amides is 1. The van der Waals surface area contributed by atoms with Crippen molar-refractivity contribution >= 4 is 22.1 Å². The maximum atomic E-state index is 13.3. The molecule has 0 atom stereocenters. The van der Waals surface area contributed by atoms with Crippen molar-refractivity contribution in [3.63, 3.8) is 0 Å². The van der Waals surface area contributed by atoms with E-state index in [9.17, 15) is 13.2 Å². The van der Waals surface area contributed by atoms with E-state index in [0.29, 0.717) is 30.1 Å². The number of aryl methyl sites for hydroxylation is 1. The van der Waals surface area contributed by atoms with E-state index in [1.54, 1.807) is 49.6 Å². The van der Waals surface area contributed by atoms with E-state index in [0.717, 1.165) is 11.1 Å². The number of hydrogen-bond donors (Lipinski definition) is 1. The van der Waals surface area contributed by atoms with Gasteiger partial charge in [0.1, 0.15) is 0 Å². The summed E-state index contributed by atoms with van der Waals surface area (Å²) in [5.41, 5.74) is 5.03. The molecular weight excluding hydrogens is 478 g/mol. The second kappa shape index (κ2) is 12.9. The highest BCUT2D eigenvalue weighted by Crippen LogP contribution is 2.27. The molecule has 0 bridgehead atoms. The zero-order chi connectivity index (χ0) is 26.0. The molecule has 3 aromatic carbocycles. The molecule has 0 saturated carbocycles. The topological polar surface area (TPSA) is 97.3 Å². The number of ether oxygens (including phenoxy) is 2. The Morgan fingerprint density at radius 1 is 1.03 bits per heavy atom. The fraction of sp³-hybridized carbons (Fsp3) is 0.259. The Kier molecular flexibility index (Phi) is 9.61. The molecule has 1 N–H and O–H groups in total. The molecule has 3 rings (SSSR count). The summed E-state index contributed by atoms with van der Waals surface area (Å²) in [6.45, 7) is 4.05. The Hall–Kier alpha value is -3.69. The number of sulfonamides is 1. The van der Waals surface area contributed by atoms with E-state index in [2.05, 4.69) is 10.5 Å². The fourth-order valence-electron chi connectivity index (χ4n) is 3.46. The molecular formula is C27H31N3O5S. The highest BCUT2D eigenvalue weighted by molar-refractivity contribution is 7.89. The van der Waals surface area contributed by atoms with Crippen LogP contribution in [0, 0.1) is 6.92 Å². The third-order valence-electron chi connectivity index (χ3n) is 5.36. The molecule has 0 heterocycles. The van der Waals surface area contributed by atoms with Crippen molar-refractivity contribution in [2.45, 2.75) is 25.2 Å². The van der Waals surface area contributed by atoms with Crippen LogP contribution in [0.15, 0.2) is 82.8 Å². The molecule has 0 spiro atoms. The lowest BCUT2D eigenvalue weighted by atomic mass is 10.1. The lowest BCUT2D eigenvalue weighted by Crippen LogP contribution is -2.40. The van der Waals surface area contributed by atoms with Gasteiger partial charge in [-0.3, -0.25) is 4.79 Å². The first-order chi connectivity index (χ1) is 17.3. The Balaban J connectivity index is 1.72. The van der Waals surface area contributed by atoms with Gasteiger partial charge in [-0.25, -0.2) is 13.8 Å². The van der Waals surface area contributed by atoms with E-state index in [4.69, 9.17) is 9.47 Å². The summed E-state index contributed by atoms with van der Waals surface area (Å²) in [5, 5.41) is 3.99. The molecule has 9 heteroatoms. The molecule has 190 valence electrons. The number of hydrazone groups is 1. The Morgan fingerprint density at radius 2 is 1.75 bits per heavy atom. The van der Waals surface area contributed by atoms with E-state index in [1.807, 2.05) is 44.2 Å². The molecule has 0 aliphatic heterocycles. The highest BCUT2D eigenvalue weighted by Gasteiger charge is 2.26. The van der Waals surface area contributed by atoms with Gasteiger partial charge in [-0.2, -0.15) is 9.41 Å². The third kappa shape index (κ3) is 7.40. The number of nitrogens with zero attached hydrogens (tertiary/aromatic N) is 2. The van der Waals surface area contributed by atoms with Crippen molar-refractivity contribution in [3.8, 4) is 11.5 Å². The third-order valence-corrected chi connectivity index (χ3v) is 7.22. The molecule has 0 radical (unpaired) electrons. The molecule has 0 aliphatic rings. The Morgan fingerprint density at radius 3 is 2.42 bits per heavy atom. The second-order valence-corrected chi connectivity index (χ2v) is 9.96. The summed E-state index contributed by atoms with van der Waals surface area (Å²) in [7, 11) is -2.35. The Labute approximate surface area is 212 Å². The predicted molar refractivity (Wildman–Crippen MR) is 140 cm³/mol. The van der Waals surface area contributed by atoms with Crippen LogP contribution in [0.5, 0.6) is 11.5 Å².